The van der Waals surface area contributed by atoms with Crippen LogP contribution in [0.1, 0.15) is 12.5 Å². The normalized spacial score (nSPS) is 10.4. The third-order valence-electron chi connectivity index (χ3n) is 4.03. The van der Waals surface area contributed by atoms with E-state index in [4.69, 9.17) is 4.74 Å². The number of para-hydroxylation sites is 3. The average molecular weight is 393 g/mol. The number of carbonyl (C=O) groups excluding carboxylic acids is 1. The number of hydrogen-bond acceptors (Lipinski definition) is 4. The lowest BCUT2D eigenvalue weighted by molar-refractivity contribution is -0.114. The lowest BCUT2D eigenvalue weighted by atomic mass is 10.2. The van der Waals surface area contributed by atoms with Crippen molar-refractivity contribution in [2.24, 2.45) is 0 Å². The van der Waals surface area contributed by atoms with Crippen LogP contribution in [0.15, 0.2) is 83.8 Å². The van der Waals surface area contributed by atoms with Crippen LogP contribution in [0.3, 0.4) is 0 Å². The van der Waals surface area contributed by atoms with Crippen LogP contribution in [0.4, 0.5) is 11.4 Å². The number of aryl methyl sites for hydroxylation is 1. The number of nitrogens with zero attached hydrogens (tertiary/aromatic N) is 1. The van der Waals surface area contributed by atoms with E-state index in [-0.39, 0.29) is 12.5 Å². The summed E-state index contributed by atoms with van der Waals surface area (Å²) in [6, 6.07) is 25.7. The molecule has 28 heavy (non-hydrogen) atoms. The SMILES string of the molecule is CCOc1ccccc1NC(=O)CN(Sc1ccc(C)cc1)c1ccccc1. The summed E-state index contributed by atoms with van der Waals surface area (Å²) >= 11 is 1.55. The van der Waals surface area contributed by atoms with Crippen molar-refractivity contribution in [1.29, 1.82) is 0 Å². The van der Waals surface area contributed by atoms with Gasteiger partial charge in [-0.15, -0.1) is 0 Å². The van der Waals surface area contributed by atoms with E-state index in [1.807, 2.05) is 65.8 Å². The number of rotatable bonds is 8. The molecule has 0 atom stereocenters. The lowest BCUT2D eigenvalue weighted by Gasteiger charge is -2.23. The van der Waals surface area contributed by atoms with E-state index in [9.17, 15) is 4.79 Å². The van der Waals surface area contributed by atoms with E-state index in [1.54, 1.807) is 11.9 Å². The van der Waals surface area contributed by atoms with Gasteiger partial charge in [0.15, 0.2) is 0 Å². The molecule has 3 aromatic carbocycles. The number of hydrogen-bond donors (Lipinski definition) is 1. The maximum absolute atomic E-state index is 12.8. The molecule has 0 radical (unpaired) electrons. The maximum atomic E-state index is 12.8. The summed E-state index contributed by atoms with van der Waals surface area (Å²) in [5, 5.41) is 2.97. The Morgan fingerprint density at radius 2 is 1.64 bits per heavy atom. The molecule has 0 heterocycles. The summed E-state index contributed by atoms with van der Waals surface area (Å²) in [7, 11) is 0. The van der Waals surface area contributed by atoms with Crippen molar-refractivity contribution < 1.29 is 9.53 Å². The summed E-state index contributed by atoms with van der Waals surface area (Å²) in [5.41, 5.74) is 2.87. The third kappa shape index (κ3) is 5.54. The van der Waals surface area contributed by atoms with Gasteiger partial charge in [-0.05, 0) is 62.2 Å². The molecule has 1 N–H and O–H groups in total. The van der Waals surface area contributed by atoms with E-state index in [2.05, 4.69) is 36.5 Å². The second kappa shape index (κ2) is 9.85. The van der Waals surface area contributed by atoms with Crippen LogP contribution in [-0.2, 0) is 4.79 Å². The van der Waals surface area contributed by atoms with Crippen LogP contribution < -0.4 is 14.4 Å². The largest absolute Gasteiger partial charge is 0.492 e. The van der Waals surface area contributed by atoms with Crippen LogP contribution in [0.25, 0.3) is 0 Å². The van der Waals surface area contributed by atoms with Gasteiger partial charge < -0.3 is 14.4 Å². The zero-order valence-corrected chi connectivity index (χ0v) is 16.9. The Balaban J connectivity index is 1.75. The topological polar surface area (TPSA) is 41.6 Å². The first-order valence-corrected chi connectivity index (χ1v) is 10.0. The molecule has 0 unspecified atom stereocenters. The Morgan fingerprint density at radius 3 is 2.36 bits per heavy atom. The number of benzene rings is 3. The molecule has 4 nitrogen and oxygen atoms in total. The van der Waals surface area contributed by atoms with Gasteiger partial charge in [0.05, 0.1) is 12.3 Å². The summed E-state index contributed by atoms with van der Waals surface area (Å²) in [6.07, 6.45) is 0. The quantitative estimate of drug-likeness (QED) is 0.511. The molecular formula is C23H24N2O2S. The average Bonchev–Trinajstić information content (AvgIpc) is 2.71. The minimum absolute atomic E-state index is 0.101. The lowest BCUT2D eigenvalue weighted by Crippen LogP contribution is -2.28. The van der Waals surface area contributed by atoms with Crippen LogP contribution in [0.5, 0.6) is 5.75 Å². The van der Waals surface area contributed by atoms with E-state index in [0.717, 1.165) is 10.6 Å². The fourth-order valence-corrected chi connectivity index (χ4v) is 3.59. The van der Waals surface area contributed by atoms with Gasteiger partial charge in [-0.2, -0.15) is 0 Å². The molecule has 0 aliphatic heterocycles. The molecule has 1 amide bonds. The van der Waals surface area contributed by atoms with Gasteiger partial charge in [0.25, 0.3) is 0 Å². The predicted molar refractivity (Wildman–Crippen MR) is 117 cm³/mol. The van der Waals surface area contributed by atoms with Gasteiger partial charge in [0, 0.05) is 10.6 Å². The van der Waals surface area contributed by atoms with E-state index in [1.165, 1.54) is 5.56 Å². The van der Waals surface area contributed by atoms with Crippen LogP contribution in [0, 0.1) is 6.92 Å². The van der Waals surface area contributed by atoms with Gasteiger partial charge in [0.2, 0.25) is 5.91 Å². The number of nitrogens with one attached hydrogen (secondary N) is 1. The van der Waals surface area contributed by atoms with Gasteiger partial charge in [-0.25, -0.2) is 0 Å². The summed E-state index contributed by atoms with van der Waals surface area (Å²) < 4.78 is 7.59. The molecule has 0 fully saturated rings. The number of ether oxygens (including phenoxy) is 1. The first-order valence-electron chi connectivity index (χ1n) is 9.24. The van der Waals surface area contributed by atoms with E-state index in [0.29, 0.717) is 18.0 Å². The zero-order valence-electron chi connectivity index (χ0n) is 16.1. The van der Waals surface area contributed by atoms with Gasteiger partial charge in [0.1, 0.15) is 12.3 Å². The van der Waals surface area contributed by atoms with Crippen molar-refractivity contribution in [3.8, 4) is 5.75 Å². The number of carbonyl (C=O) groups is 1. The fourth-order valence-electron chi connectivity index (χ4n) is 2.67. The van der Waals surface area contributed by atoms with Gasteiger partial charge in [-0.1, -0.05) is 48.0 Å². The van der Waals surface area contributed by atoms with Gasteiger partial charge >= 0.3 is 0 Å². The molecule has 0 saturated heterocycles. The third-order valence-corrected chi connectivity index (χ3v) is 5.07. The molecule has 0 aliphatic carbocycles. The van der Waals surface area contributed by atoms with Crippen LogP contribution >= 0.6 is 11.9 Å². The summed E-state index contributed by atoms with van der Waals surface area (Å²) in [4.78, 5) is 13.9. The smallest absolute Gasteiger partial charge is 0.245 e. The van der Waals surface area contributed by atoms with Crippen molar-refractivity contribution in [2.75, 3.05) is 22.8 Å². The molecule has 144 valence electrons. The van der Waals surface area contributed by atoms with Crippen molar-refractivity contribution in [2.45, 2.75) is 18.7 Å². The van der Waals surface area contributed by atoms with Crippen molar-refractivity contribution in [1.82, 2.24) is 0 Å². The minimum Gasteiger partial charge on any atom is -0.492 e. The summed E-state index contributed by atoms with van der Waals surface area (Å²) in [6.45, 7) is 4.75. The first-order chi connectivity index (χ1) is 13.7. The second-order valence-corrected chi connectivity index (χ2v) is 7.35. The molecule has 3 aromatic rings. The summed E-state index contributed by atoms with van der Waals surface area (Å²) in [5.74, 6) is 0.575. The fraction of sp³-hybridized carbons (Fsp3) is 0.174. The number of amides is 1. The van der Waals surface area contributed by atoms with Crippen molar-refractivity contribution in [3.63, 3.8) is 0 Å². The van der Waals surface area contributed by atoms with Crippen molar-refractivity contribution in [3.05, 3.63) is 84.4 Å². The second-order valence-electron chi connectivity index (χ2n) is 6.25. The highest BCUT2D eigenvalue weighted by Gasteiger charge is 2.15. The first kappa shape index (κ1) is 19.8. The molecule has 3 rings (SSSR count). The zero-order chi connectivity index (χ0) is 19.8. The van der Waals surface area contributed by atoms with E-state index < -0.39 is 0 Å². The van der Waals surface area contributed by atoms with E-state index >= 15 is 0 Å². The monoisotopic (exact) mass is 392 g/mol. The number of anilines is 2. The Morgan fingerprint density at radius 1 is 0.964 bits per heavy atom. The van der Waals surface area contributed by atoms with Gasteiger partial charge in [-0.3, -0.25) is 4.79 Å². The molecule has 0 bridgehead atoms. The van der Waals surface area contributed by atoms with Crippen LogP contribution in [-0.4, -0.2) is 19.1 Å². The Bertz CT molecular complexity index is 898. The Kier molecular flexibility index (Phi) is 6.98. The van der Waals surface area contributed by atoms with Crippen LogP contribution in [0.2, 0.25) is 0 Å². The Hall–Kier alpha value is -2.92. The van der Waals surface area contributed by atoms with Crippen molar-refractivity contribution >= 4 is 29.2 Å². The molecule has 5 heteroatoms. The maximum Gasteiger partial charge on any atom is 0.245 e. The highest BCUT2D eigenvalue weighted by molar-refractivity contribution is 8.00. The molecule has 0 aliphatic rings. The predicted octanol–water partition coefficient (Wildman–Crippen LogP) is 5.55. The molecule has 0 spiro atoms. The molecular weight excluding hydrogens is 368 g/mol. The highest BCUT2D eigenvalue weighted by atomic mass is 32.2. The molecule has 0 saturated carbocycles. The standard InChI is InChI=1S/C23H24N2O2S/c1-3-27-22-12-8-7-11-21(22)24-23(26)17-25(19-9-5-4-6-10-19)28-20-15-13-18(2)14-16-20/h4-16H,3,17H2,1-2H3,(H,24,26). The Labute approximate surface area is 170 Å². The minimum atomic E-state index is -0.101. The molecule has 0 aromatic heterocycles. The highest BCUT2D eigenvalue weighted by Crippen LogP contribution is 2.29.